The van der Waals surface area contributed by atoms with Gasteiger partial charge in [0.15, 0.2) is 6.29 Å². The molecular formula is C24H23F7N4O3. The van der Waals surface area contributed by atoms with E-state index in [1.807, 2.05) is 4.90 Å². The molecule has 0 aliphatic carbocycles. The molecule has 1 N–H and O–H groups in total. The van der Waals surface area contributed by atoms with Crippen LogP contribution >= 0.6 is 0 Å². The van der Waals surface area contributed by atoms with Crippen LogP contribution in [0.1, 0.15) is 47.1 Å². The maximum atomic E-state index is 13.6. The van der Waals surface area contributed by atoms with Crippen LogP contribution in [0.3, 0.4) is 0 Å². The Balaban J connectivity index is 1.68. The predicted molar refractivity (Wildman–Crippen MR) is 119 cm³/mol. The van der Waals surface area contributed by atoms with Gasteiger partial charge in [0.2, 0.25) is 0 Å². The van der Waals surface area contributed by atoms with Gasteiger partial charge in [0.25, 0.3) is 0 Å². The SMILES string of the molecule is CC(OC1OCCN(Cc2n[nH]c(=O)n2C)C1c1ccc(F)cc1)c1cc(C(F)(F)F)cc(C(F)(F)F)c1. The zero-order valence-corrected chi connectivity index (χ0v) is 20.1. The number of rotatable bonds is 6. The molecule has 38 heavy (non-hydrogen) atoms. The summed E-state index contributed by atoms with van der Waals surface area (Å²) < 4.78 is 107. The zero-order chi connectivity index (χ0) is 27.8. The third-order valence-electron chi connectivity index (χ3n) is 6.26. The molecule has 0 bridgehead atoms. The van der Waals surface area contributed by atoms with Crippen molar-refractivity contribution in [2.24, 2.45) is 7.05 Å². The number of morpholine rings is 1. The van der Waals surface area contributed by atoms with Gasteiger partial charge in [0, 0.05) is 13.6 Å². The van der Waals surface area contributed by atoms with Crippen molar-refractivity contribution in [2.45, 2.75) is 44.3 Å². The molecule has 0 saturated carbocycles. The van der Waals surface area contributed by atoms with Crippen LogP contribution in [-0.4, -0.2) is 39.1 Å². The molecule has 2 aromatic carbocycles. The summed E-state index contributed by atoms with van der Waals surface area (Å²) in [5, 5.41) is 6.30. The number of alkyl halides is 6. The number of benzene rings is 2. The van der Waals surface area contributed by atoms with Gasteiger partial charge in [-0.05, 0) is 48.4 Å². The number of hydrogen-bond acceptors (Lipinski definition) is 5. The molecule has 0 spiro atoms. The highest BCUT2D eigenvalue weighted by molar-refractivity contribution is 5.34. The van der Waals surface area contributed by atoms with Crippen molar-refractivity contribution in [3.63, 3.8) is 0 Å². The van der Waals surface area contributed by atoms with Crippen LogP contribution < -0.4 is 5.69 Å². The van der Waals surface area contributed by atoms with E-state index in [0.717, 1.165) is 0 Å². The van der Waals surface area contributed by atoms with Gasteiger partial charge in [0.05, 0.1) is 36.4 Å². The van der Waals surface area contributed by atoms with Gasteiger partial charge in [-0.3, -0.25) is 9.47 Å². The van der Waals surface area contributed by atoms with E-state index in [1.165, 1.54) is 42.8 Å². The molecule has 1 aliphatic heterocycles. The van der Waals surface area contributed by atoms with Gasteiger partial charge in [-0.25, -0.2) is 14.3 Å². The molecule has 2 heterocycles. The number of ether oxygens (including phenoxy) is 2. The fraction of sp³-hybridized carbons (Fsp3) is 0.417. The Hall–Kier alpha value is -3.23. The van der Waals surface area contributed by atoms with Crippen LogP contribution in [0, 0.1) is 5.82 Å². The van der Waals surface area contributed by atoms with E-state index < -0.39 is 53.4 Å². The lowest BCUT2D eigenvalue weighted by Crippen LogP contribution is -2.46. The molecule has 1 aliphatic rings. The molecule has 3 atom stereocenters. The third kappa shape index (κ3) is 6.08. The Morgan fingerprint density at radius 1 is 1.08 bits per heavy atom. The first kappa shape index (κ1) is 27.8. The first-order valence-electron chi connectivity index (χ1n) is 11.4. The summed E-state index contributed by atoms with van der Waals surface area (Å²) in [6, 6.07) is 5.84. The maximum absolute atomic E-state index is 13.6. The summed E-state index contributed by atoms with van der Waals surface area (Å²) in [6.07, 6.45) is -12.4. The van der Waals surface area contributed by atoms with Crippen LogP contribution in [0.2, 0.25) is 0 Å². The Morgan fingerprint density at radius 3 is 2.21 bits per heavy atom. The van der Waals surface area contributed by atoms with Crippen LogP contribution in [0.4, 0.5) is 30.7 Å². The van der Waals surface area contributed by atoms with Crippen molar-refractivity contribution in [3.8, 4) is 0 Å². The fourth-order valence-electron chi connectivity index (χ4n) is 4.20. The van der Waals surface area contributed by atoms with E-state index in [0.29, 0.717) is 30.1 Å². The van der Waals surface area contributed by atoms with Crippen molar-refractivity contribution in [1.29, 1.82) is 0 Å². The Bertz CT molecular complexity index is 1290. The summed E-state index contributed by atoms with van der Waals surface area (Å²) in [4.78, 5) is 13.6. The average Bonchev–Trinajstić information content (AvgIpc) is 3.16. The molecule has 0 radical (unpaired) electrons. The normalized spacial score (nSPS) is 20.0. The summed E-state index contributed by atoms with van der Waals surface area (Å²) in [5.41, 5.74) is -3.20. The van der Waals surface area contributed by atoms with Crippen molar-refractivity contribution in [2.75, 3.05) is 13.2 Å². The van der Waals surface area contributed by atoms with Gasteiger partial charge < -0.3 is 9.47 Å². The van der Waals surface area contributed by atoms with Crippen LogP contribution in [-0.2, 0) is 35.4 Å². The van der Waals surface area contributed by atoms with E-state index in [9.17, 15) is 35.5 Å². The van der Waals surface area contributed by atoms with Crippen LogP contribution in [0.25, 0.3) is 0 Å². The van der Waals surface area contributed by atoms with Crippen LogP contribution in [0.5, 0.6) is 0 Å². The fourth-order valence-corrected chi connectivity index (χ4v) is 4.20. The minimum absolute atomic E-state index is 0.0462. The summed E-state index contributed by atoms with van der Waals surface area (Å²) in [6.45, 7) is 1.86. The van der Waals surface area contributed by atoms with Gasteiger partial charge >= 0.3 is 18.0 Å². The Kier molecular flexibility index (Phi) is 7.68. The number of aromatic nitrogens is 3. The second-order valence-electron chi connectivity index (χ2n) is 8.83. The minimum Gasteiger partial charge on any atom is -0.349 e. The zero-order valence-electron chi connectivity index (χ0n) is 20.1. The minimum atomic E-state index is -5.01. The number of nitrogens with one attached hydrogen (secondary N) is 1. The molecule has 14 heteroatoms. The smallest absolute Gasteiger partial charge is 0.349 e. The summed E-state index contributed by atoms with van der Waals surface area (Å²) >= 11 is 0. The predicted octanol–water partition coefficient (Wildman–Crippen LogP) is 4.96. The molecule has 0 amide bonds. The van der Waals surface area contributed by atoms with E-state index in [2.05, 4.69) is 10.2 Å². The van der Waals surface area contributed by atoms with Crippen molar-refractivity contribution >= 4 is 0 Å². The number of nitrogens with zero attached hydrogens (tertiary/aromatic N) is 3. The largest absolute Gasteiger partial charge is 0.416 e. The number of hydrogen-bond donors (Lipinski definition) is 1. The molecular weight excluding hydrogens is 525 g/mol. The van der Waals surface area contributed by atoms with Gasteiger partial charge in [-0.15, -0.1) is 0 Å². The topological polar surface area (TPSA) is 72.4 Å². The highest BCUT2D eigenvalue weighted by Gasteiger charge is 2.39. The molecule has 3 aromatic rings. The molecule has 4 rings (SSSR count). The molecule has 7 nitrogen and oxygen atoms in total. The summed E-state index contributed by atoms with van der Waals surface area (Å²) in [7, 11) is 1.51. The van der Waals surface area contributed by atoms with Crippen molar-refractivity contribution in [3.05, 3.63) is 86.8 Å². The second-order valence-corrected chi connectivity index (χ2v) is 8.83. The third-order valence-corrected chi connectivity index (χ3v) is 6.26. The molecule has 1 fully saturated rings. The van der Waals surface area contributed by atoms with Crippen LogP contribution in [0.15, 0.2) is 47.3 Å². The highest BCUT2D eigenvalue weighted by atomic mass is 19.4. The number of H-pyrrole nitrogens is 1. The van der Waals surface area contributed by atoms with Gasteiger partial charge in [0.1, 0.15) is 11.6 Å². The first-order chi connectivity index (χ1) is 17.7. The van der Waals surface area contributed by atoms with E-state index >= 15 is 0 Å². The standard InChI is InChI=1S/C24H23F7N4O3/c1-13(15-9-16(23(26,27)28)11-17(10-15)24(29,30)31)38-21-20(14-3-5-18(25)6-4-14)35(7-8-37-21)12-19-32-33-22(36)34(19)2/h3-6,9-11,13,20-21H,7-8,12H2,1-2H3,(H,33,36). The number of aromatic amines is 1. The average molecular weight is 548 g/mol. The van der Waals surface area contributed by atoms with E-state index in [1.54, 1.807) is 0 Å². The molecule has 206 valence electrons. The first-order valence-corrected chi connectivity index (χ1v) is 11.4. The van der Waals surface area contributed by atoms with E-state index in [4.69, 9.17) is 9.47 Å². The lowest BCUT2D eigenvalue weighted by Gasteiger charge is -2.41. The number of halogens is 7. The van der Waals surface area contributed by atoms with Crippen molar-refractivity contribution < 1.29 is 40.2 Å². The Morgan fingerprint density at radius 2 is 1.68 bits per heavy atom. The van der Waals surface area contributed by atoms with Gasteiger partial charge in [-0.2, -0.15) is 31.4 Å². The maximum Gasteiger partial charge on any atom is 0.416 e. The van der Waals surface area contributed by atoms with E-state index in [-0.39, 0.29) is 24.8 Å². The molecule has 1 aromatic heterocycles. The summed E-state index contributed by atoms with van der Waals surface area (Å²) in [5.74, 6) is -0.148. The Labute approximate surface area is 211 Å². The molecule has 1 saturated heterocycles. The monoisotopic (exact) mass is 548 g/mol. The van der Waals surface area contributed by atoms with Gasteiger partial charge in [-0.1, -0.05) is 12.1 Å². The van der Waals surface area contributed by atoms with Crippen molar-refractivity contribution in [1.82, 2.24) is 19.7 Å². The lowest BCUT2D eigenvalue weighted by molar-refractivity contribution is -0.231. The molecule has 3 unspecified atom stereocenters. The quantitative estimate of drug-likeness (QED) is 0.441. The second kappa shape index (κ2) is 10.5. The lowest BCUT2D eigenvalue weighted by atomic mass is 10.0. The highest BCUT2D eigenvalue weighted by Crippen LogP contribution is 2.39.